The van der Waals surface area contributed by atoms with E-state index in [-0.39, 0.29) is 34.8 Å². The molecule has 1 aromatic heterocycles. The lowest BCUT2D eigenvalue weighted by Crippen LogP contribution is -2.34. The number of hydrogen-bond donors (Lipinski definition) is 0. The molecule has 1 aliphatic heterocycles. The Kier molecular flexibility index (Phi) is 6.25. The second-order valence-corrected chi connectivity index (χ2v) is 8.17. The number of pyridine rings is 1. The van der Waals surface area contributed by atoms with Crippen LogP contribution in [-0.4, -0.2) is 58.3 Å². The molecule has 164 valence electrons. The topological polar surface area (TPSA) is 73.8 Å². The van der Waals surface area contributed by atoms with E-state index in [0.717, 1.165) is 4.90 Å². The predicted molar refractivity (Wildman–Crippen MR) is 108 cm³/mol. The maximum Gasteiger partial charge on any atom is 0.446 e. The van der Waals surface area contributed by atoms with Gasteiger partial charge in [0.15, 0.2) is 0 Å². The summed E-state index contributed by atoms with van der Waals surface area (Å²) in [6.07, 6.45) is 2.89. The Morgan fingerprint density at radius 3 is 2.39 bits per heavy atom. The number of carbonyl (C=O) groups is 3. The second-order valence-electron chi connectivity index (χ2n) is 7.03. The fourth-order valence-corrected chi connectivity index (χ4v) is 3.67. The molecule has 11 heteroatoms. The number of carbonyl (C=O) groups excluding carboxylic acids is 3. The van der Waals surface area contributed by atoms with E-state index >= 15 is 0 Å². The van der Waals surface area contributed by atoms with Gasteiger partial charge in [-0.25, -0.2) is 9.69 Å². The third-order valence-electron chi connectivity index (χ3n) is 4.70. The Balaban J connectivity index is 1.84. The fourth-order valence-electron chi connectivity index (χ4n) is 3.13. The Hall–Kier alpha value is -3.08. The average molecular weight is 452 g/mol. The number of hydrogen-bond acceptors (Lipinski definition) is 5. The molecule has 2 aromatic rings. The minimum atomic E-state index is -4.43. The zero-order valence-corrected chi connectivity index (χ0v) is 17.7. The minimum Gasteiger partial charge on any atom is -0.345 e. The first-order chi connectivity index (χ1) is 14.5. The zero-order valence-electron chi connectivity index (χ0n) is 16.9. The summed E-state index contributed by atoms with van der Waals surface area (Å²) in [6, 6.07) is 5.19. The van der Waals surface area contributed by atoms with Crippen LogP contribution in [-0.2, 0) is 11.3 Å². The van der Waals surface area contributed by atoms with Gasteiger partial charge in [-0.1, -0.05) is 0 Å². The molecule has 0 N–H and O–H groups in total. The van der Waals surface area contributed by atoms with E-state index < -0.39 is 23.5 Å². The van der Waals surface area contributed by atoms with E-state index in [9.17, 15) is 27.6 Å². The summed E-state index contributed by atoms with van der Waals surface area (Å²) < 4.78 is 37.6. The highest BCUT2D eigenvalue weighted by molar-refractivity contribution is 8.00. The third kappa shape index (κ3) is 4.82. The molecule has 0 radical (unpaired) electrons. The van der Waals surface area contributed by atoms with Gasteiger partial charge >= 0.3 is 11.5 Å². The van der Waals surface area contributed by atoms with E-state index in [1.807, 2.05) is 0 Å². The first-order valence-corrected chi connectivity index (χ1v) is 9.96. The summed E-state index contributed by atoms with van der Waals surface area (Å²) in [4.78, 5) is 45.7. The van der Waals surface area contributed by atoms with E-state index in [1.54, 1.807) is 27.1 Å². The standard InChI is InChI=1S/C20H19F3N4O3S/c1-12-17(28)27(14-4-6-15(7-5-14)31-20(21,22)23)19(30)26(12)11-13-8-9-24-10-16(13)18(29)25(2)3/h4-10,12H,11H2,1-3H3. The summed E-state index contributed by atoms with van der Waals surface area (Å²) >= 11 is -0.278. The quantitative estimate of drug-likeness (QED) is 0.510. The number of anilines is 1. The highest BCUT2D eigenvalue weighted by Gasteiger charge is 2.43. The fraction of sp³-hybridized carbons (Fsp3) is 0.300. The summed E-state index contributed by atoms with van der Waals surface area (Å²) in [5.41, 5.74) is -3.42. The van der Waals surface area contributed by atoms with Gasteiger partial charge in [-0.2, -0.15) is 13.2 Å². The van der Waals surface area contributed by atoms with E-state index in [1.165, 1.54) is 46.5 Å². The molecule has 4 amide bonds. The number of imide groups is 1. The van der Waals surface area contributed by atoms with Crippen LogP contribution in [0, 0.1) is 0 Å². The van der Waals surface area contributed by atoms with Crippen molar-refractivity contribution in [2.75, 3.05) is 19.0 Å². The van der Waals surface area contributed by atoms with Crippen molar-refractivity contribution in [2.24, 2.45) is 0 Å². The van der Waals surface area contributed by atoms with Crippen LogP contribution < -0.4 is 4.90 Å². The van der Waals surface area contributed by atoms with Crippen molar-refractivity contribution < 1.29 is 27.6 Å². The van der Waals surface area contributed by atoms with E-state index in [0.29, 0.717) is 11.1 Å². The summed E-state index contributed by atoms with van der Waals surface area (Å²) in [6.45, 7) is 1.56. The molecule has 1 aromatic carbocycles. The SMILES string of the molecule is CC1C(=O)N(c2ccc(SC(F)(F)F)cc2)C(=O)N1Cc1ccncc1C(=O)N(C)C. The number of nitrogens with zero attached hydrogens (tertiary/aromatic N) is 4. The number of thioether (sulfide) groups is 1. The van der Waals surface area contributed by atoms with Crippen LogP contribution in [0.3, 0.4) is 0 Å². The van der Waals surface area contributed by atoms with Crippen LogP contribution >= 0.6 is 11.8 Å². The molecule has 31 heavy (non-hydrogen) atoms. The van der Waals surface area contributed by atoms with Crippen LogP contribution in [0.4, 0.5) is 23.7 Å². The van der Waals surface area contributed by atoms with Crippen LogP contribution in [0.2, 0.25) is 0 Å². The third-order valence-corrected chi connectivity index (χ3v) is 5.44. The molecule has 1 atom stereocenters. The monoisotopic (exact) mass is 452 g/mol. The smallest absolute Gasteiger partial charge is 0.345 e. The van der Waals surface area contributed by atoms with Crippen molar-refractivity contribution in [2.45, 2.75) is 29.9 Å². The van der Waals surface area contributed by atoms with Crippen molar-refractivity contribution in [1.29, 1.82) is 0 Å². The van der Waals surface area contributed by atoms with Gasteiger partial charge in [0.05, 0.1) is 11.3 Å². The summed E-state index contributed by atoms with van der Waals surface area (Å²) in [7, 11) is 3.18. The Bertz CT molecular complexity index is 1010. The van der Waals surface area contributed by atoms with Gasteiger partial charge in [-0.15, -0.1) is 0 Å². The summed E-state index contributed by atoms with van der Waals surface area (Å²) in [5.74, 6) is -0.792. The lowest BCUT2D eigenvalue weighted by molar-refractivity contribution is -0.119. The van der Waals surface area contributed by atoms with Gasteiger partial charge in [-0.3, -0.25) is 14.6 Å². The molecular weight excluding hydrogens is 433 g/mol. The molecule has 1 fully saturated rings. The maximum atomic E-state index is 13.0. The van der Waals surface area contributed by atoms with E-state index in [4.69, 9.17) is 0 Å². The second kappa shape index (κ2) is 8.58. The van der Waals surface area contributed by atoms with Gasteiger partial charge < -0.3 is 9.80 Å². The number of rotatable bonds is 5. The number of aromatic nitrogens is 1. The van der Waals surface area contributed by atoms with Gasteiger partial charge in [0, 0.05) is 37.9 Å². The highest BCUT2D eigenvalue weighted by atomic mass is 32.2. The highest BCUT2D eigenvalue weighted by Crippen LogP contribution is 2.38. The lowest BCUT2D eigenvalue weighted by atomic mass is 10.1. The summed E-state index contributed by atoms with van der Waals surface area (Å²) in [5, 5.41) is 0. The average Bonchev–Trinajstić information content (AvgIpc) is 2.91. The van der Waals surface area contributed by atoms with Gasteiger partial charge in [0.25, 0.3) is 11.8 Å². The number of amides is 4. The van der Waals surface area contributed by atoms with Crippen molar-refractivity contribution in [3.63, 3.8) is 0 Å². The lowest BCUT2D eigenvalue weighted by Gasteiger charge is -2.21. The maximum absolute atomic E-state index is 13.0. The minimum absolute atomic E-state index is 0.00167. The molecule has 7 nitrogen and oxygen atoms in total. The molecule has 1 saturated heterocycles. The number of urea groups is 1. The van der Waals surface area contributed by atoms with Crippen LogP contribution in [0.5, 0.6) is 0 Å². The molecule has 1 aliphatic rings. The first kappa shape index (κ1) is 22.6. The van der Waals surface area contributed by atoms with Crippen LogP contribution in [0.15, 0.2) is 47.6 Å². The van der Waals surface area contributed by atoms with Gasteiger partial charge in [0.1, 0.15) is 6.04 Å². The number of benzene rings is 1. The zero-order chi connectivity index (χ0) is 22.9. The molecule has 0 bridgehead atoms. The van der Waals surface area contributed by atoms with Crippen molar-refractivity contribution in [3.05, 3.63) is 53.9 Å². The van der Waals surface area contributed by atoms with E-state index in [2.05, 4.69) is 4.98 Å². The number of alkyl halides is 3. The van der Waals surface area contributed by atoms with Gasteiger partial charge in [0.2, 0.25) is 0 Å². The van der Waals surface area contributed by atoms with Crippen LogP contribution in [0.1, 0.15) is 22.8 Å². The van der Waals surface area contributed by atoms with Crippen molar-refractivity contribution in [1.82, 2.24) is 14.8 Å². The molecule has 0 saturated carbocycles. The Morgan fingerprint density at radius 1 is 1.16 bits per heavy atom. The molecule has 0 spiro atoms. The molecule has 3 rings (SSSR count). The molecule has 1 unspecified atom stereocenters. The largest absolute Gasteiger partial charge is 0.446 e. The Labute approximate surface area is 180 Å². The molecular formula is C20H19F3N4O3S. The Morgan fingerprint density at radius 2 is 1.81 bits per heavy atom. The first-order valence-electron chi connectivity index (χ1n) is 9.14. The van der Waals surface area contributed by atoms with Crippen LogP contribution in [0.25, 0.3) is 0 Å². The molecule has 0 aliphatic carbocycles. The van der Waals surface area contributed by atoms with Gasteiger partial charge in [-0.05, 0) is 54.6 Å². The predicted octanol–water partition coefficient (Wildman–Crippen LogP) is 3.75. The normalized spacial score (nSPS) is 16.8. The molecule has 2 heterocycles. The van der Waals surface area contributed by atoms with Crippen molar-refractivity contribution in [3.8, 4) is 0 Å². The number of halogens is 3. The van der Waals surface area contributed by atoms with Crippen molar-refractivity contribution >= 4 is 35.3 Å².